The molecule has 0 fully saturated rings. The predicted octanol–water partition coefficient (Wildman–Crippen LogP) is 1.20. The molecule has 8 heteroatoms. The molecule has 0 radical (unpaired) electrons. The molecule has 1 heterocycles. The Labute approximate surface area is 134 Å². The van der Waals surface area contributed by atoms with Crippen LogP contribution in [0.4, 0.5) is 0 Å². The lowest BCUT2D eigenvalue weighted by Gasteiger charge is -2.10. The number of nitrogens with one attached hydrogen (secondary N) is 1. The van der Waals surface area contributed by atoms with Crippen LogP contribution in [-0.4, -0.2) is 31.6 Å². The van der Waals surface area contributed by atoms with Crippen molar-refractivity contribution in [1.29, 1.82) is 0 Å². The first-order chi connectivity index (χ1) is 10.9. The molecule has 7 nitrogen and oxygen atoms in total. The highest BCUT2D eigenvalue weighted by Gasteiger charge is 2.16. The Hall–Kier alpha value is -2.45. The molecular weight excluding hydrogens is 320 g/mol. The number of nitrogens with zero attached hydrogens (tertiary/aromatic N) is 1. The Balaban J connectivity index is 2.18. The summed E-state index contributed by atoms with van der Waals surface area (Å²) in [5.74, 6) is -0.642. The standard InChI is InChI=1S/C15H16N2O5S/c1-22-13-7-14(10-16-9-13)23(20,21)17-8-12-5-3-2-4-11(12)6-15(18)19/h2-5,7,9-10,17H,6,8H2,1H3,(H,18,19). The van der Waals surface area contributed by atoms with E-state index in [0.29, 0.717) is 16.9 Å². The number of aromatic nitrogens is 1. The van der Waals surface area contributed by atoms with E-state index in [4.69, 9.17) is 9.84 Å². The first kappa shape index (κ1) is 16.9. The Morgan fingerprint density at radius 1 is 1.26 bits per heavy atom. The molecule has 0 saturated heterocycles. The third-order valence-corrected chi connectivity index (χ3v) is 4.52. The van der Waals surface area contributed by atoms with Gasteiger partial charge in [-0.15, -0.1) is 0 Å². The first-order valence-electron chi connectivity index (χ1n) is 6.69. The maximum atomic E-state index is 12.3. The quantitative estimate of drug-likeness (QED) is 0.787. The van der Waals surface area contributed by atoms with Crippen molar-refractivity contribution >= 4 is 16.0 Å². The lowest BCUT2D eigenvalue weighted by atomic mass is 10.1. The molecule has 2 rings (SSSR count). The molecule has 0 bridgehead atoms. The van der Waals surface area contributed by atoms with Gasteiger partial charge in [-0.3, -0.25) is 9.78 Å². The van der Waals surface area contributed by atoms with E-state index in [1.54, 1.807) is 24.3 Å². The monoisotopic (exact) mass is 336 g/mol. The summed E-state index contributed by atoms with van der Waals surface area (Å²) in [7, 11) is -2.36. The third kappa shape index (κ3) is 4.51. The molecule has 1 aromatic carbocycles. The van der Waals surface area contributed by atoms with Gasteiger partial charge in [0.15, 0.2) is 0 Å². The van der Waals surface area contributed by atoms with Crippen molar-refractivity contribution in [3.8, 4) is 5.75 Å². The summed E-state index contributed by atoms with van der Waals surface area (Å²) in [6, 6.07) is 8.14. The van der Waals surface area contributed by atoms with Crippen molar-refractivity contribution in [1.82, 2.24) is 9.71 Å². The number of carbonyl (C=O) groups is 1. The fourth-order valence-corrected chi connectivity index (χ4v) is 2.96. The van der Waals surface area contributed by atoms with Crippen LogP contribution >= 0.6 is 0 Å². The minimum absolute atomic E-state index is 0.0109. The molecule has 0 spiro atoms. The molecule has 23 heavy (non-hydrogen) atoms. The van der Waals surface area contributed by atoms with E-state index in [1.807, 2.05) is 0 Å². The second kappa shape index (κ2) is 7.21. The second-order valence-electron chi connectivity index (χ2n) is 4.72. The number of sulfonamides is 1. The van der Waals surface area contributed by atoms with Gasteiger partial charge in [0, 0.05) is 18.8 Å². The van der Waals surface area contributed by atoms with Crippen LogP contribution in [0.3, 0.4) is 0 Å². The van der Waals surface area contributed by atoms with Gasteiger partial charge in [0.05, 0.1) is 19.7 Å². The van der Waals surface area contributed by atoms with Crippen molar-refractivity contribution in [2.75, 3.05) is 7.11 Å². The Morgan fingerprint density at radius 3 is 2.61 bits per heavy atom. The summed E-state index contributed by atoms with van der Waals surface area (Å²) in [4.78, 5) is 14.6. The summed E-state index contributed by atoms with van der Waals surface area (Å²) in [6.07, 6.45) is 2.45. The zero-order chi connectivity index (χ0) is 16.9. The number of carboxylic acids is 1. The summed E-state index contributed by atoms with van der Waals surface area (Å²) in [5, 5.41) is 8.89. The number of hydrogen-bond donors (Lipinski definition) is 2. The van der Waals surface area contributed by atoms with Crippen molar-refractivity contribution < 1.29 is 23.1 Å². The van der Waals surface area contributed by atoms with Gasteiger partial charge in [-0.05, 0) is 11.1 Å². The van der Waals surface area contributed by atoms with Crippen LogP contribution in [0.15, 0.2) is 47.6 Å². The lowest BCUT2D eigenvalue weighted by molar-refractivity contribution is -0.136. The summed E-state index contributed by atoms with van der Waals surface area (Å²) in [5.41, 5.74) is 1.17. The molecule has 0 aliphatic rings. The van der Waals surface area contributed by atoms with E-state index < -0.39 is 16.0 Å². The number of ether oxygens (including phenoxy) is 1. The molecule has 2 N–H and O–H groups in total. The summed E-state index contributed by atoms with van der Waals surface area (Å²) < 4.78 is 32.0. The van der Waals surface area contributed by atoms with Crippen LogP contribution < -0.4 is 9.46 Å². The van der Waals surface area contributed by atoms with E-state index in [2.05, 4.69) is 9.71 Å². The molecule has 0 aliphatic carbocycles. The van der Waals surface area contributed by atoms with E-state index in [1.165, 1.54) is 25.6 Å². The van der Waals surface area contributed by atoms with Gasteiger partial charge in [-0.25, -0.2) is 13.1 Å². The number of rotatable bonds is 7. The Kier molecular flexibility index (Phi) is 5.30. The molecule has 0 unspecified atom stereocenters. The topological polar surface area (TPSA) is 106 Å². The summed E-state index contributed by atoms with van der Waals surface area (Å²) in [6.45, 7) is -0.0109. The van der Waals surface area contributed by atoms with Crippen molar-refractivity contribution in [2.45, 2.75) is 17.9 Å². The van der Waals surface area contributed by atoms with Gasteiger partial charge in [0.25, 0.3) is 0 Å². The predicted molar refractivity (Wildman–Crippen MR) is 82.6 cm³/mol. The fourth-order valence-electron chi connectivity index (χ4n) is 1.98. The van der Waals surface area contributed by atoms with E-state index >= 15 is 0 Å². The van der Waals surface area contributed by atoms with Crippen molar-refractivity contribution in [3.05, 3.63) is 53.9 Å². The van der Waals surface area contributed by atoms with Crippen LogP contribution in [0.1, 0.15) is 11.1 Å². The lowest BCUT2D eigenvalue weighted by Crippen LogP contribution is -2.24. The third-order valence-electron chi connectivity index (χ3n) is 3.15. The van der Waals surface area contributed by atoms with Gasteiger partial charge >= 0.3 is 5.97 Å². The summed E-state index contributed by atoms with van der Waals surface area (Å²) >= 11 is 0. The SMILES string of the molecule is COc1cncc(S(=O)(=O)NCc2ccccc2CC(=O)O)c1. The van der Waals surface area contributed by atoms with E-state index in [0.717, 1.165) is 0 Å². The highest BCUT2D eigenvalue weighted by atomic mass is 32.2. The normalized spacial score (nSPS) is 11.2. The van der Waals surface area contributed by atoms with Gasteiger partial charge in [-0.1, -0.05) is 24.3 Å². The Bertz CT molecular complexity index is 805. The molecular formula is C15H16N2O5S. The second-order valence-corrected chi connectivity index (χ2v) is 6.49. The maximum Gasteiger partial charge on any atom is 0.307 e. The number of pyridine rings is 1. The van der Waals surface area contributed by atoms with E-state index in [9.17, 15) is 13.2 Å². The van der Waals surface area contributed by atoms with Crippen LogP contribution in [0.25, 0.3) is 0 Å². The van der Waals surface area contributed by atoms with Gasteiger partial charge in [-0.2, -0.15) is 0 Å². The molecule has 2 aromatic rings. The van der Waals surface area contributed by atoms with E-state index in [-0.39, 0.29) is 17.9 Å². The molecule has 0 atom stereocenters. The smallest absolute Gasteiger partial charge is 0.307 e. The van der Waals surface area contributed by atoms with Crippen molar-refractivity contribution in [2.24, 2.45) is 0 Å². The number of benzene rings is 1. The molecule has 0 saturated carbocycles. The average molecular weight is 336 g/mol. The van der Waals surface area contributed by atoms with Crippen LogP contribution in [0, 0.1) is 0 Å². The fraction of sp³-hybridized carbons (Fsp3) is 0.200. The van der Waals surface area contributed by atoms with Gasteiger partial charge in [0.1, 0.15) is 10.6 Å². The number of hydrogen-bond acceptors (Lipinski definition) is 5. The van der Waals surface area contributed by atoms with Gasteiger partial charge in [0.2, 0.25) is 10.0 Å². The average Bonchev–Trinajstić information content (AvgIpc) is 2.53. The highest BCUT2D eigenvalue weighted by molar-refractivity contribution is 7.89. The zero-order valence-electron chi connectivity index (χ0n) is 12.4. The van der Waals surface area contributed by atoms with Crippen LogP contribution in [-0.2, 0) is 27.8 Å². The first-order valence-corrected chi connectivity index (χ1v) is 8.18. The maximum absolute atomic E-state index is 12.3. The molecule has 122 valence electrons. The molecule has 1 aromatic heterocycles. The number of aliphatic carboxylic acids is 1. The minimum atomic E-state index is -3.78. The Morgan fingerprint density at radius 2 is 1.96 bits per heavy atom. The molecule has 0 amide bonds. The van der Waals surface area contributed by atoms with Crippen LogP contribution in [0.5, 0.6) is 5.75 Å². The highest BCUT2D eigenvalue weighted by Crippen LogP contribution is 2.16. The zero-order valence-corrected chi connectivity index (χ0v) is 13.2. The van der Waals surface area contributed by atoms with Gasteiger partial charge < -0.3 is 9.84 Å². The van der Waals surface area contributed by atoms with Crippen LogP contribution in [0.2, 0.25) is 0 Å². The van der Waals surface area contributed by atoms with Crippen molar-refractivity contribution in [3.63, 3.8) is 0 Å². The largest absolute Gasteiger partial charge is 0.495 e. The number of carboxylic acid groups (broad SMARTS) is 1. The molecule has 0 aliphatic heterocycles. The minimum Gasteiger partial charge on any atom is -0.495 e. The number of methoxy groups -OCH3 is 1.